The van der Waals surface area contributed by atoms with Gasteiger partial charge in [-0.3, -0.25) is 9.59 Å². The van der Waals surface area contributed by atoms with Crippen molar-refractivity contribution in [2.24, 2.45) is 0 Å². The summed E-state index contributed by atoms with van der Waals surface area (Å²) in [5.74, 6) is -1.11. The van der Waals surface area contributed by atoms with Crippen LogP contribution in [0.1, 0.15) is 32.6 Å². The molecule has 2 aromatic carbocycles. The molecule has 0 spiro atoms. The highest BCUT2D eigenvalue weighted by Gasteiger charge is 2.19. The van der Waals surface area contributed by atoms with E-state index in [2.05, 4.69) is 0 Å². The molecule has 0 aliphatic carbocycles. The van der Waals surface area contributed by atoms with Crippen molar-refractivity contribution in [2.45, 2.75) is 13.2 Å². The Bertz CT molecular complexity index is 1300. The molecule has 0 atom stereocenters. The fraction of sp³-hybridized carbons (Fsp3) is 0.167. The molecule has 3 aromatic rings. The second kappa shape index (κ2) is 10.2. The second-order valence-electron chi connectivity index (χ2n) is 6.82. The van der Waals surface area contributed by atoms with Crippen LogP contribution in [0.4, 0.5) is 4.39 Å². The van der Waals surface area contributed by atoms with Gasteiger partial charge in [0.25, 0.3) is 5.56 Å². The highest BCUT2D eigenvalue weighted by atomic mass is 19.1. The molecular formula is C24H18FN3O4. The van der Waals surface area contributed by atoms with Crippen molar-refractivity contribution >= 4 is 5.78 Å². The molecule has 0 bridgehead atoms. The number of nitriles is 2. The first kappa shape index (κ1) is 22.4. The molecular weight excluding hydrogens is 413 g/mol. The van der Waals surface area contributed by atoms with Crippen LogP contribution in [0.25, 0.3) is 0 Å². The molecule has 160 valence electrons. The van der Waals surface area contributed by atoms with Crippen molar-refractivity contribution in [3.05, 3.63) is 98.7 Å². The van der Waals surface area contributed by atoms with Gasteiger partial charge >= 0.3 is 0 Å². The van der Waals surface area contributed by atoms with Gasteiger partial charge in [-0.1, -0.05) is 12.1 Å². The molecule has 3 rings (SSSR count). The Kier molecular flexibility index (Phi) is 7.12. The van der Waals surface area contributed by atoms with Gasteiger partial charge in [-0.25, -0.2) is 4.39 Å². The molecule has 0 N–H and O–H groups in total. The van der Waals surface area contributed by atoms with Gasteiger partial charge in [-0.05, 0) is 42.0 Å². The summed E-state index contributed by atoms with van der Waals surface area (Å²) in [5, 5.41) is 18.3. The van der Waals surface area contributed by atoms with Crippen LogP contribution in [0.2, 0.25) is 0 Å². The largest absolute Gasteiger partial charge is 0.488 e. The van der Waals surface area contributed by atoms with E-state index in [0.717, 1.165) is 12.1 Å². The molecule has 0 saturated heterocycles. The lowest BCUT2D eigenvalue weighted by Gasteiger charge is -2.13. The third-order valence-corrected chi connectivity index (χ3v) is 4.64. The lowest BCUT2D eigenvalue weighted by Crippen LogP contribution is -2.25. The molecule has 1 aromatic heterocycles. The number of halogens is 1. The Balaban J connectivity index is 1.96. The van der Waals surface area contributed by atoms with E-state index in [1.807, 2.05) is 6.07 Å². The van der Waals surface area contributed by atoms with E-state index in [9.17, 15) is 19.2 Å². The maximum absolute atomic E-state index is 14.0. The number of hydrogen-bond donors (Lipinski definition) is 0. The maximum Gasteiger partial charge on any atom is 0.268 e. The number of rotatable bonds is 8. The van der Waals surface area contributed by atoms with Gasteiger partial charge in [0.2, 0.25) is 0 Å². The Hall–Kier alpha value is -4.27. The molecule has 0 fully saturated rings. The van der Waals surface area contributed by atoms with Crippen LogP contribution < -0.4 is 10.3 Å². The normalized spacial score (nSPS) is 10.2. The van der Waals surface area contributed by atoms with Crippen LogP contribution in [0.3, 0.4) is 0 Å². The molecule has 0 radical (unpaired) electrons. The standard InChI is InChI=1S/C24H18FN3O4/c1-31-8-7-28-14-19(10-18(13-27)24(28)30)23(29)21-11-20(25)5-6-22(21)32-15-17-4-2-3-16(9-17)12-26/h2-6,9-11,14H,7-8,15H2,1H3. The van der Waals surface area contributed by atoms with Gasteiger partial charge in [0, 0.05) is 25.4 Å². The van der Waals surface area contributed by atoms with Crippen LogP contribution in [0.15, 0.2) is 59.5 Å². The zero-order chi connectivity index (χ0) is 23.1. The zero-order valence-corrected chi connectivity index (χ0v) is 17.2. The smallest absolute Gasteiger partial charge is 0.268 e. The molecule has 7 nitrogen and oxygen atoms in total. The van der Waals surface area contributed by atoms with E-state index in [1.165, 1.54) is 30.0 Å². The van der Waals surface area contributed by atoms with E-state index in [0.29, 0.717) is 11.1 Å². The third kappa shape index (κ3) is 5.07. The Morgan fingerprint density at radius 2 is 1.94 bits per heavy atom. The summed E-state index contributed by atoms with van der Waals surface area (Å²) in [7, 11) is 1.47. The monoisotopic (exact) mass is 431 g/mol. The number of methoxy groups -OCH3 is 1. The molecule has 0 unspecified atom stereocenters. The predicted octanol–water partition coefficient (Wildman–Crippen LogP) is 3.19. The van der Waals surface area contributed by atoms with E-state index in [-0.39, 0.29) is 42.2 Å². The number of aromatic nitrogens is 1. The number of carbonyl (C=O) groups excluding carboxylic acids is 1. The van der Waals surface area contributed by atoms with Crippen molar-refractivity contribution in [2.75, 3.05) is 13.7 Å². The van der Waals surface area contributed by atoms with E-state index in [1.54, 1.807) is 30.3 Å². The molecule has 32 heavy (non-hydrogen) atoms. The lowest BCUT2D eigenvalue weighted by molar-refractivity contribution is 0.103. The van der Waals surface area contributed by atoms with E-state index < -0.39 is 17.2 Å². The SMILES string of the molecule is COCCn1cc(C(=O)c2cc(F)ccc2OCc2cccc(C#N)c2)cc(C#N)c1=O. The average molecular weight is 431 g/mol. The highest BCUT2D eigenvalue weighted by molar-refractivity contribution is 6.10. The van der Waals surface area contributed by atoms with Crippen LogP contribution in [0.5, 0.6) is 5.75 Å². The van der Waals surface area contributed by atoms with Crippen LogP contribution in [-0.2, 0) is 17.9 Å². The van der Waals surface area contributed by atoms with Crippen molar-refractivity contribution in [3.63, 3.8) is 0 Å². The van der Waals surface area contributed by atoms with Gasteiger partial charge in [0.15, 0.2) is 5.78 Å². The van der Waals surface area contributed by atoms with Gasteiger partial charge < -0.3 is 14.0 Å². The second-order valence-corrected chi connectivity index (χ2v) is 6.82. The molecule has 0 amide bonds. The highest BCUT2D eigenvalue weighted by Crippen LogP contribution is 2.24. The quantitative estimate of drug-likeness (QED) is 0.507. The summed E-state index contributed by atoms with van der Waals surface area (Å²) in [4.78, 5) is 25.5. The Morgan fingerprint density at radius 3 is 2.66 bits per heavy atom. The minimum Gasteiger partial charge on any atom is -0.488 e. The van der Waals surface area contributed by atoms with Crippen LogP contribution in [-0.4, -0.2) is 24.1 Å². The summed E-state index contributed by atoms with van der Waals surface area (Å²) in [5.41, 5.74) is 0.394. The molecule has 0 saturated carbocycles. The number of ether oxygens (including phenoxy) is 2. The number of pyridine rings is 1. The van der Waals surface area contributed by atoms with Gasteiger partial charge in [0.05, 0.1) is 23.8 Å². The first-order valence-electron chi connectivity index (χ1n) is 9.56. The number of benzene rings is 2. The number of hydrogen-bond acceptors (Lipinski definition) is 6. The topological polar surface area (TPSA) is 105 Å². The van der Waals surface area contributed by atoms with Crippen molar-refractivity contribution < 1.29 is 18.7 Å². The number of ketones is 1. The van der Waals surface area contributed by atoms with Crippen molar-refractivity contribution in [1.29, 1.82) is 10.5 Å². The average Bonchev–Trinajstić information content (AvgIpc) is 2.82. The van der Waals surface area contributed by atoms with E-state index in [4.69, 9.17) is 14.7 Å². The van der Waals surface area contributed by atoms with Crippen molar-refractivity contribution in [3.8, 4) is 17.9 Å². The van der Waals surface area contributed by atoms with Crippen LogP contribution >= 0.6 is 0 Å². The summed E-state index contributed by atoms with van der Waals surface area (Å²) in [6.45, 7) is 0.406. The Labute approximate surface area is 183 Å². The zero-order valence-electron chi connectivity index (χ0n) is 17.2. The van der Waals surface area contributed by atoms with Gasteiger partial charge in [-0.15, -0.1) is 0 Å². The minimum atomic E-state index is -0.639. The third-order valence-electron chi connectivity index (χ3n) is 4.64. The number of carbonyl (C=O) groups is 1. The fourth-order valence-electron chi connectivity index (χ4n) is 3.05. The molecule has 1 heterocycles. The Morgan fingerprint density at radius 1 is 1.12 bits per heavy atom. The lowest BCUT2D eigenvalue weighted by atomic mass is 10.0. The molecule has 0 aliphatic heterocycles. The summed E-state index contributed by atoms with van der Waals surface area (Å²) in [6.07, 6.45) is 1.32. The maximum atomic E-state index is 14.0. The van der Waals surface area contributed by atoms with Crippen LogP contribution in [0, 0.1) is 28.5 Å². The first-order valence-corrected chi connectivity index (χ1v) is 9.56. The van der Waals surface area contributed by atoms with Crippen molar-refractivity contribution in [1.82, 2.24) is 4.57 Å². The van der Waals surface area contributed by atoms with E-state index >= 15 is 0 Å². The van der Waals surface area contributed by atoms with Gasteiger partial charge in [0.1, 0.15) is 29.8 Å². The fourth-order valence-corrected chi connectivity index (χ4v) is 3.05. The first-order chi connectivity index (χ1) is 15.5. The molecule has 8 heteroatoms. The summed E-state index contributed by atoms with van der Waals surface area (Å²) < 4.78 is 25.9. The number of nitrogens with zero attached hydrogens (tertiary/aromatic N) is 3. The minimum absolute atomic E-state index is 0.0409. The van der Waals surface area contributed by atoms with Gasteiger partial charge in [-0.2, -0.15) is 10.5 Å². The summed E-state index contributed by atoms with van der Waals surface area (Å²) in [6, 6.07) is 15.3. The summed E-state index contributed by atoms with van der Waals surface area (Å²) >= 11 is 0. The molecule has 0 aliphatic rings. The predicted molar refractivity (Wildman–Crippen MR) is 113 cm³/mol.